The van der Waals surface area contributed by atoms with Crippen molar-refractivity contribution in [3.05, 3.63) is 29.0 Å². The van der Waals surface area contributed by atoms with Crippen molar-refractivity contribution >= 4 is 23.4 Å². The summed E-state index contributed by atoms with van der Waals surface area (Å²) in [5, 5.41) is 0.311. The van der Waals surface area contributed by atoms with Gasteiger partial charge in [-0.25, -0.2) is 4.98 Å². The van der Waals surface area contributed by atoms with Gasteiger partial charge in [0.25, 0.3) is 5.91 Å². The first kappa shape index (κ1) is 13.8. The van der Waals surface area contributed by atoms with Crippen LogP contribution in [-0.4, -0.2) is 52.8 Å². The zero-order valence-electron chi connectivity index (χ0n) is 10.8. The van der Waals surface area contributed by atoms with Crippen LogP contribution in [0.15, 0.2) is 18.3 Å². The summed E-state index contributed by atoms with van der Waals surface area (Å²) in [5.74, 6) is -0.00374. The molecule has 1 aliphatic heterocycles. The molecule has 0 bridgehead atoms. The first-order valence-electron chi connectivity index (χ1n) is 6.24. The Morgan fingerprint density at radius 1 is 1.21 bits per heavy atom. The molecule has 0 aromatic carbocycles. The van der Waals surface area contributed by atoms with Gasteiger partial charge in [0.05, 0.1) is 0 Å². The molecule has 6 heteroatoms. The van der Waals surface area contributed by atoms with Gasteiger partial charge in [-0.2, -0.15) is 0 Å². The van der Waals surface area contributed by atoms with Gasteiger partial charge < -0.3 is 9.80 Å². The van der Waals surface area contributed by atoms with Crippen molar-refractivity contribution in [3.63, 3.8) is 0 Å². The van der Waals surface area contributed by atoms with Crippen molar-refractivity contribution in [2.45, 2.75) is 13.3 Å². The van der Waals surface area contributed by atoms with E-state index in [1.165, 1.54) is 6.20 Å². The summed E-state index contributed by atoms with van der Waals surface area (Å²) < 4.78 is 0. The number of pyridine rings is 1. The largest absolute Gasteiger partial charge is 0.341 e. The molecule has 5 nitrogen and oxygen atoms in total. The molecule has 19 heavy (non-hydrogen) atoms. The average molecular weight is 282 g/mol. The highest BCUT2D eigenvalue weighted by Gasteiger charge is 2.21. The Morgan fingerprint density at radius 3 is 2.58 bits per heavy atom. The van der Waals surface area contributed by atoms with Gasteiger partial charge in [0.15, 0.2) is 0 Å². The minimum absolute atomic E-state index is 0.0567. The lowest BCUT2D eigenvalue weighted by Gasteiger charge is -2.21. The molecule has 1 aromatic rings. The molecule has 0 aliphatic carbocycles. The zero-order chi connectivity index (χ0) is 13.8. The fourth-order valence-electron chi connectivity index (χ4n) is 2.15. The van der Waals surface area contributed by atoms with Gasteiger partial charge in [-0.05, 0) is 18.6 Å². The Morgan fingerprint density at radius 2 is 1.89 bits per heavy atom. The molecule has 1 saturated heterocycles. The number of amides is 2. The summed E-state index contributed by atoms with van der Waals surface area (Å²) in [6, 6.07) is 3.22. The molecule has 1 aromatic heterocycles. The van der Waals surface area contributed by atoms with Crippen molar-refractivity contribution in [2.75, 3.05) is 26.2 Å². The first-order valence-corrected chi connectivity index (χ1v) is 6.62. The third-order valence-electron chi connectivity index (χ3n) is 3.20. The van der Waals surface area contributed by atoms with E-state index in [-0.39, 0.29) is 11.8 Å². The molecular weight excluding hydrogens is 266 g/mol. The summed E-state index contributed by atoms with van der Waals surface area (Å²) in [4.78, 5) is 31.0. The normalized spacial score (nSPS) is 16.1. The van der Waals surface area contributed by atoms with Crippen LogP contribution in [0, 0.1) is 0 Å². The Balaban J connectivity index is 2.06. The van der Waals surface area contributed by atoms with Crippen LogP contribution in [-0.2, 0) is 4.79 Å². The minimum atomic E-state index is -0.0605. The van der Waals surface area contributed by atoms with E-state index in [4.69, 9.17) is 11.6 Å². The van der Waals surface area contributed by atoms with Crippen LogP contribution in [0.25, 0.3) is 0 Å². The van der Waals surface area contributed by atoms with Crippen LogP contribution >= 0.6 is 11.6 Å². The third-order valence-corrected chi connectivity index (χ3v) is 3.41. The SMILES string of the molecule is CC(=O)N1CCCN(C(=O)c2ccnc(Cl)c2)CC1. The number of carbonyl (C=O) groups excluding carboxylic acids is 2. The minimum Gasteiger partial charge on any atom is -0.341 e. The topological polar surface area (TPSA) is 53.5 Å². The Hall–Kier alpha value is -1.62. The van der Waals surface area contributed by atoms with E-state index in [0.29, 0.717) is 36.9 Å². The average Bonchev–Trinajstić information content (AvgIpc) is 2.63. The van der Waals surface area contributed by atoms with E-state index in [1.54, 1.807) is 28.9 Å². The van der Waals surface area contributed by atoms with Gasteiger partial charge in [-0.1, -0.05) is 11.6 Å². The van der Waals surface area contributed by atoms with E-state index in [0.717, 1.165) is 6.42 Å². The lowest BCUT2D eigenvalue weighted by Crippen LogP contribution is -2.36. The van der Waals surface area contributed by atoms with Crippen LogP contribution in [0.5, 0.6) is 0 Å². The van der Waals surface area contributed by atoms with Crippen molar-refractivity contribution in [3.8, 4) is 0 Å². The molecule has 0 unspecified atom stereocenters. The highest BCUT2D eigenvalue weighted by molar-refractivity contribution is 6.29. The number of carbonyl (C=O) groups is 2. The zero-order valence-corrected chi connectivity index (χ0v) is 11.6. The maximum atomic E-state index is 12.3. The van der Waals surface area contributed by atoms with E-state index < -0.39 is 0 Å². The molecule has 2 heterocycles. The highest BCUT2D eigenvalue weighted by Crippen LogP contribution is 2.12. The maximum absolute atomic E-state index is 12.3. The van der Waals surface area contributed by atoms with Crippen LogP contribution in [0.3, 0.4) is 0 Å². The van der Waals surface area contributed by atoms with Gasteiger partial charge in [0, 0.05) is 44.9 Å². The molecule has 2 rings (SSSR count). The number of hydrogen-bond acceptors (Lipinski definition) is 3. The molecule has 0 saturated carbocycles. The number of rotatable bonds is 1. The summed E-state index contributed by atoms with van der Waals surface area (Å²) in [6.45, 7) is 4.05. The molecule has 0 radical (unpaired) electrons. The Labute approximate surface area is 117 Å². The second-order valence-electron chi connectivity index (χ2n) is 4.52. The van der Waals surface area contributed by atoms with Crippen LogP contribution in [0.2, 0.25) is 5.15 Å². The number of aromatic nitrogens is 1. The molecule has 102 valence electrons. The van der Waals surface area contributed by atoms with Gasteiger partial charge in [-0.15, -0.1) is 0 Å². The van der Waals surface area contributed by atoms with Crippen LogP contribution in [0.1, 0.15) is 23.7 Å². The Bertz CT molecular complexity index is 493. The fraction of sp³-hybridized carbons (Fsp3) is 0.462. The number of nitrogens with zero attached hydrogens (tertiary/aromatic N) is 3. The molecule has 1 fully saturated rings. The van der Waals surface area contributed by atoms with Crippen molar-refractivity contribution < 1.29 is 9.59 Å². The number of halogens is 1. The van der Waals surface area contributed by atoms with Gasteiger partial charge in [-0.3, -0.25) is 9.59 Å². The molecule has 1 aliphatic rings. The standard InChI is InChI=1S/C13H16ClN3O2/c1-10(18)16-5-2-6-17(8-7-16)13(19)11-3-4-15-12(14)9-11/h3-4,9H,2,5-8H2,1H3. The van der Waals surface area contributed by atoms with E-state index in [1.807, 2.05) is 0 Å². The first-order chi connectivity index (χ1) is 9.08. The van der Waals surface area contributed by atoms with E-state index in [2.05, 4.69) is 4.98 Å². The molecule has 0 spiro atoms. The molecular formula is C13H16ClN3O2. The number of hydrogen-bond donors (Lipinski definition) is 0. The summed E-state index contributed by atoms with van der Waals surface area (Å²) >= 11 is 5.79. The smallest absolute Gasteiger partial charge is 0.254 e. The lowest BCUT2D eigenvalue weighted by molar-refractivity contribution is -0.128. The van der Waals surface area contributed by atoms with E-state index in [9.17, 15) is 9.59 Å². The second kappa shape index (κ2) is 6.02. The van der Waals surface area contributed by atoms with Gasteiger partial charge >= 0.3 is 0 Å². The third kappa shape index (κ3) is 3.44. The van der Waals surface area contributed by atoms with Crippen molar-refractivity contribution in [2.24, 2.45) is 0 Å². The second-order valence-corrected chi connectivity index (χ2v) is 4.91. The predicted octanol–water partition coefficient (Wildman–Crippen LogP) is 1.43. The molecule has 0 atom stereocenters. The summed E-state index contributed by atoms with van der Waals surface area (Å²) in [7, 11) is 0. The summed E-state index contributed by atoms with van der Waals surface area (Å²) in [6.07, 6.45) is 2.32. The fourth-order valence-corrected chi connectivity index (χ4v) is 2.33. The maximum Gasteiger partial charge on any atom is 0.254 e. The van der Waals surface area contributed by atoms with E-state index >= 15 is 0 Å². The molecule has 2 amide bonds. The van der Waals surface area contributed by atoms with Crippen LogP contribution in [0.4, 0.5) is 0 Å². The monoisotopic (exact) mass is 281 g/mol. The summed E-state index contributed by atoms with van der Waals surface area (Å²) in [5.41, 5.74) is 0.538. The van der Waals surface area contributed by atoms with Crippen molar-refractivity contribution in [1.29, 1.82) is 0 Å². The Kier molecular flexibility index (Phi) is 4.37. The van der Waals surface area contributed by atoms with Crippen molar-refractivity contribution in [1.82, 2.24) is 14.8 Å². The quantitative estimate of drug-likeness (QED) is 0.732. The van der Waals surface area contributed by atoms with Gasteiger partial charge in [0.1, 0.15) is 5.15 Å². The predicted molar refractivity (Wildman–Crippen MR) is 72.0 cm³/mol. The molecule has 0 N–H and O–H groups in total. The lowest BCUT2D eigenvalue weighted by atomic mass is 10.2. The van der Waals surface area contributed by atoms with Crippen LogP contribution < -0.4 is 0 Å². The van der Waals surface area contributed by atoms with Gasteiger partial charge in [0.2, 0.25) is 5.91 Å². The highest BCUT2D eigenvalue weighted by atomic mass is 35.5.